The third-order valence-electron chi connectivity index (χ3n) is 5.57. The molecule has 2 aliphatic rings. The molecule has 0 fully saturated rings. The van der Waals surface area contributed by atoms with Crippen molar-refractivity contribution >= 4 is 22.6 Å². The number of methoxy groups -OCH3 is 4. The molecule has 7 nitrogen and oxygen atoms in total. The molecular formula is C22H27N2O5S+. The summed E-state index contributed by atoms with van der Waals surface area (Å²) in [5, 5.41) is 12.9. The summed E-state index contributed by atoms with van der Waals surface area (Å²) in [5.41, 5.74) is 0.406. The minimum atomic E-state index is -1.21. The molecule has 160 valence electrons. The Morgan fingerprint density at radius 3 is 2.37 bits per heavy atom. The third-order valence-corrected chi connectivity index (χ3v) is 6.76. The van der Waals surface area contributed by atoms with E-state index in [1.807, 2.05) is 36.4 Å². The van der Waals surface area contributed by atoms with Gasteiger partial charge in [0.25, 0.3) is 5.72 Å². The zero-order valence-electron chi connectivity index (χ0n) is 17.7. The number of hydrogen-bond donors (Lipinski definition) is 1. The van der Waals surface area contributed by atoms with Gasteiger partial charge in [0, 0.05) is 17.4 Å². The molecule has 0 radical (unpaired) electrons. The predicted octanol–water partition coefficient (Wildman–Crippen LogP) is 2.89. The fraction of sp³-hybridized carbons (Fsp3) is 0.409. The van der Waals surface area contributed by atoms with Gasteiger partial charge in [-0.15, -0.1) is 0 Å². The number of anilines is 1. The Morgan fingerprint density at radius 1 is 0.933 bits per heavy atom. The van der Waals surface area contributed by atoms with Crippen LogP contribution in [-0.4, -0.2) is 62.1 Å². The zero-order chi connectivity index (χ0) is 21.3. The molecule has 2 heterocycles. The number of thioether (sulfide) groups is 1. The molecule has 4 rings (SSSR count). The van der Waals surface area contributed by atoms with Gasteiger partial charge in [-0.3, -0.25) is 0 Å². The molecule has 0 unspecified atom stereocenters. The van der Waals surface area contributed by atoms with Crippen molar-refractivity contribution in [1.29, 1.82) is 0 Å². The van der Waals surface area contributed by atoms with Crippen LogP contribution in [0.4, 0.5) is 5.69 Å². The van der Waals surface area contributed by atoms with Gasteiger partial charge in [-0.05, 0) is 48.5 Å². The Hall–Kier alpha value is -2.58. The highest BCUT2D eigenvalue weighted by atomic mass is 32.2. The third kappa shape index (κ3) is 3.33. The maximum absolute atomic E-state index is 11.9. The number of amidine groups is 1. The molecule has 0 saturated carbocycles. The first-order valence-electron chi connectivity index (χ1n) is 9.77. The van der Waals surface area contributed by atoms with Crippen molar-refractivity contribution in [1.82, 2.24) is 0 Å². The number of nitrogens with zero attached hydrogens (tertiary/aromatic N) is 2. The minimum Gasteiger partial charge on any atom is -0.497 e. The van der Waals surface area contributed by atoms with E-state index in [-0.39, 0.29) is 0 Å². The average molecular weight is 432 g/mol. The van der Waals surface area contributed by atoms with Gasteiger partial charge in [0.2, 0.25) is 0 Å². The van der Waals surface area contributed by atoms with Gasteiger partial charge in [-0.1, -0.05) is 0 Å². The van der Waals surface area contributed by atoms with Gasteiger partial charge in [-0.25, -0.2) is 9.48 Å². The number of rotatable bonds is 6. The van der Waals surface area contributed by atoms with E-state index >= 15 is 0 Å². The summed E-state index contributed by atoms with van der Waals surface area (Å²) in [7, 11) is 6.50. The van der Waals surface area contributed by atoms with E-state index in [1.54, 1.807) is 40.2 Å². The molecule has 8 heteroatoms. The summed E-state index contributed by atoms with van der Waals surface area (Å²) in [6, 6.07) is 11.3. The van der Waals surface area contributed by atoms with E-state index in [0.29, 0.717) is 18.0 Å². The smallest absolute Gasteiger partial charge is 0.316 e. The van der Waals surface area contributed by atoms with Crippen LogP contribution in [0.5, 0.6) is 23.0 Å². The second-order valence-electron chi connectivity index (χ2n) is 7.15. The Bertz CT molecular complexity index is 980. The zero-order valence-corrected chi connectivity index (χ0v) is 18.5. The van der Waals surface area contributed by atoms with Crippen LogP contribution >= 0.6 is 11.8 Å². The summed E-state index contributed by atoms with van der Waals surface area (Å²) >= 11 is 1.74. The lowest BCUT2D eigenvalue weighted by Gasteiger charge is -2.25. The predicted molar refractivity (Wildman–Crippen MR) is 118 cm³/mol. The van der Waals surface area contributed by atoms with Crippen molar-refractivity contribution < 1.29 is 28.6 Å². The first-order chi connectivity index (χ1) is 14.5. The lowest BCUT2D eigenvalue weighted by Crippen LogP contribution is -2.41. The van der Waals surface area contributed by atoms with Crippen molar-refractivity contribution in [2.75, 3.05) is 52.2 Å². The molecular weight excluding hydrogens is 404 g/mol. The van der Waals surface area contributed by atoms with Crippen molar-refractivity contribution in [3.8, 4) is 23.0 Å². The quantitative estimate of drug-likeness (QED) is 0.706. The molecule has 1 N–H and O–H groups in total. The van der Waals surface area contributed by atoms with E-state index in [9.17, 15) is 5.11 Å². The van der Waals surface area contributed by atoms with Gasteiger partial charge < -0.3 is 24.1 Å². The summed E-state index contributed by atoms with van der Waals surface area (Å²) in [5.74, 6) is 3.68. The molecule has 0 amide bonds. The standard InChI is InChI=1S/C22H27N2O5S/c1-26-16-7-9-18(27-2)17(13-16)23-14-22(25,24-10-5-11-30-21(23)24)15-6-8-19(28-3)20(12-15)29-4/h6-9,12-13,25H,5,10-11,14H2,1-4H3/q+1/t22-/m0/s1. The van der Waals surface area contributed by atoms with Crippen LogP contribution in [0.15, 0.2) is 36.4 Å². The lowest BCUT2D eigenvalue weighted by molar-refractivity contribution is -0.656. The van der Waals surface area contributed by atoms with Gasteiger partial charge in [-0.2, -0.15) is 0 Å². The average Bonchev–Trinajstić information content (AvgIpc) is 3.12. The van der Waals surface area contributed by atoms with Crippen LogP contribution in [0.1, 0.15) is 12.0 Å². The number of β-amino-alcohol motifs (C(OH)–C–C–N with tert-alkyl or cyclic N) is 1. The normalized spacial score (nSPS) is 20.8. The van der Waals surface area contributed by atoms with Crippen LogP contribution in [0.25, 0.3) is 0 Å². The first kappa shape index (κ1) is 20.7. The first-order valence-corrected chi connectivity index (χ1v) is 10.8. The molecule has 0 bridgehead atoms. The summed E-state index contributed by atoms with van der Waals surface area (Å²) in [4.78, 5) is 2.11. The fourth-order valence-corrected chi connectivity index (χ4v) is 5.20. The monoisotopic (exact) mass is 431 g/mol. The Balaban J connectivity index is 1.82. The van der Waals surface area contributed by atoms with Crippen LogP contribution in [0.2, 0.25) is 0 Å². The van der Waals surface area contributed by atoms with E-state index < -0.39 is 5.72 Å². The maximum atomic E-state index is 11.9. The largest absolute Gasteiger partial charge is 0.497 e. The number of benzene rings is 2. The molecule has 2 aromatic carbocycles. The molecule has 0 saturated heterocycles. The van der Waals surface area contributed by atoms with Crippen molar-refractivity contribution in [3.63, 3.8) is 0 Å². The molecule has 30 heavy (non-hydrogen) atoms. The van der Waals surface area contributed by atoms with Crippen LogP contribution in [-0.2, 0) is 5.72 Å². The van der Waals surface area contributed by atoms with E-state index in [4.69, 9.17) is 18.9 Å². The molecule has 0 spiro atoms. The van der Waals surface area contributed by atoms with E-state index in [0.717, 1.165) is 46.6 Å². The summed E-state index contributed by atoms with van der Waals surface area (Å²) in [6.45, 7) is 1.12. The van der Waals surface area contributed by atoms with Crippen molar-refractivity contribution in [3.05, 3.63) is 42.0 Å². The van der Waals surface area contributed by atoms with Gasteiger partial charge in [0.1, 0.15) is 5.75 Å². The summed E-state index contributed by atoms with van der Waals surface area (Å²) in [6.07, 6.45) is 0.993. The maximum Gasteiger partial charge on any atom is 0.316 e. The second-order valence-corrected chi connectivity index (χ2v) is 8.21. The van der Waals surface area contributed by atoms with Gasteiger partial charge in [0.15, 0.2) is 29.5 Å². The minimum absolute atomic E-state index is 0.356. The highest BCUT2D eigenvalue weighted by Gasteiger charge is 2.54. The van der Waals surface area contributed by atoms with Crippen molar-refractivity contribution in [2.24, 2.45) is 0 Å². The fourth-order valence-electron chi connectivity index (χ4n) is 4.03. The summed E-state index contributed by atoms with van der Waals surface area (Å²) < 4.78 is 24.0. The molecule has 2 aromatic rings. The van der Waals surface area contributed by atoms with Crippen molar-refractivity contribution in [2.45, 2.75) is 12.1 Å². The van der Waals surface area contributed by atoms with E-state index in [2.05, 4.69) is 9.48 Å². The van der Waals surface area contributed by atoms with Crippen LogP contribution in [0.3, 0.4) is 0 Å². The SMILES string of the molecule is COc1ccc(OC)c(N2C[C@](O)(c3ccc(OC)c(OC)c3)[N+]3=C2SCCC3)c1. The molecule has 0 aliphatic carbocycles. The molecule has 2 aliphatic heterocycles. The highest BCUT2D eigenvalue weighted by molar-refractivity contribution is 8.13. The van der Waals surface area contributed by atoms with E-state index in [1.165, 1.54) is 0 Å². The Kier molecular flexibility index (Phi) is 5.71. The van der Waals surface area contributed by atoms with Gasteiger partial charge >= 0.3 is 5.17 Å². The molecule has 0 aromatic heterocycles. The van der Waals surface area contributed by atoms with Gasteiger partial charge in [0.05, 0.1) is 35.0 Å². The topological polar surface area (TPSA) is 63.4 Å². The van der Waals surface area contributed by atoms with Crippen LogP contribution in [0, 0.1) is 0 Å². The number of ether oxygens (including phenoxy) is 4. The lowest BCUT2D eigenvalue weighted by atomic mass is 10.0. The Labute approximate surface area is 180 Å². The number of aliphatic hydroxyl groups is 1. The Morgan fingerprint density at radius 2 is 1.67 bits per heavy atom. The second kappa shape index (κ2) is 8.28. The highest BCUT2D eigenvalue weighted by Crippen LogP contribution is 2.43. The van der Waals surface area contributed by atoms with Crippen LogP contribution < -0.4 is 23.8 Å². The molecule has 1 atom stereocenters. The number of hydrogen-bond acceptors (Lipinski definition) is 7.